The predicted molar refractivity (Wildman–Crippen MR) is 127 cm³/mol. The van der Waals surface area contributed by atoms with Crippen molar-refractivity contribution in [2.45, 2.75) is 26.4 Å². The van der Waals surface area contributed by atoms with Crippen molar-refractivity contribution in [3.05, 3.63) is 119 Å². The highest BCUT2D eigenvalue weighted by atomic mass is 16.6. The van der Waals surface area contributed by atoms with E-state index in [4.69, 9.17) is 9.47 Å². The molecular formula is C28H26NO3+. The Hall–Kier alpha value is -3.92. The van der Waals surface area contributed by atoms with Crippen LogP contribution in [0.3, 0.4) is 0 Å². The average molecular weight is 425 g/mol. The van der Waals surface area contributed by atoms with E-state index in [1.807, 2.05) is 118 Å². The van der Waals surface area contributed by atoms with E-state index in [1.165, 1.54) is 0 Å². The molecule has 0 aromatic heterocycles. The molecule has 0 saturated carbocycles. The zero-order valence-corrected chi connectivity index (χ0v) is 18.5. The number of carbonyl (C=O) groups is 1. The first-order valence-corrected chi connectivity index (χ1v) is 10.6. The summed E-state index contributed by atoms with van der Waals surface area (Å²) in [5.41, 5.74) is 4.20. The van der Waals surface area contributed by atoms with E-state index in [0.29, 0.717) is 5.71 Å². The van der Waals surface area contributed by atoms with Crippen LogP contribution >= 0.6 is 0 Å². The molecule has 2 aliphatic rings. The average Bonchev–Trinajstić information content (AvgIpc) is 2.79. The maximum Gasteiger partial charge on any atom is 0.595 e. The second-order valence-electron chi connectivity index (χ2n) is 8.51. The van der Waals surface area contributed by atoms with Crippen LogP contribution in [0.25, 0.3) is 11.5 Å². The molecule has 1 aliphatic heterocycles. The first-order chi connectivity index (χ1) is 15.4. The SMILES string of the molecule is CC(C)(C)OC(=O)[NH+]=C1C=CC(=C2C=C(c3ccccc3)OC(c3ccccc3)=C2)C=C1. The summed E-state index contributed by atoms with van der Waals surface area (Å²) < 4.78 is 11.6. The summed E-state index contributed by atoms with van der Waals surface area (Å²) in [6, 6.07) is 20.1. The Balaban J connectivity index is 1.67. The zero-order chi connectivity index (χ0) is 22.6. The lowest BCUT2D eigenvalue weighted by Crippen LogP contribution is -2.77. The third-order valence-electron chi connectivity index (χ3n) is 4.77. The lowest BCUT2D eigenvalue weighted by molar-refractivity contribution is -0.373. The second-order valence-corrected chi connectivity index (χ2v) is 8.51. The minimum atomic E-state index is -0.542. The number of ether oxygens (including phenoxy) is 2. The van der Waals surface area contributed by atoms with E-state index < -0.39 is 11.7 Å². The Labute approximate surface area is 188 Å². The fraction of sp³-hybridized carbons (Fsp3) is 0.143. The van der Waals surface area contributed by atoms with E-state index >= 15 is 0 Å². The summed E-state index contributed by atoms with van der Waals surface area (Å²) in [6.45, 7) is 5.51. The summed E-state index contributed by atoms with van der Waals surface area (Å²) in [6.07, 6.45) is 11.3. The van der Waals surface area contributed by atoms with Crippen LogP contribution in [-0.2, 0) is 9.47 Å². The number of hydrogen-bond donors (Lipinski definition) is 1. The number of allylic oxidation sites excluding steroid dienone is 8. The third-order valence-corrected chi connectivity index (χ3v) is 4.77. The van der Waals surface area contributed by atoms with E-state index in [9.17, 15) is 4.79 Å². The third kappa shape index (κ3) is 5.41. The normalized spacial score (nSPS) is 15.7. The first kappa shape index (κ1) is 21.3. The van der Waals surface area contributed by atoms with Crippen molar-refractivity contribution in [3.8, 4) is 0 Å². The Morgan fingerprint density at radius 1 is 0.750 bits per heavy atom. The molecule has 4 nitrogen and oxygen atoms in total. The Morgan fingerprint density at radius 3 is 1.72 bits per heavy atom. The van der Waals surface area contributed by atoms with E-state index in [-0.39, 0.29) is 0 Å². The van der Waals surface area contributed by atoms with E-state index in [2.05, 4.69) is 4.99 Å². The van der Waals surface area contributed by atoms with Gasteiger partial charge in [-0.3, -0.25) is 0 Å². The molecule has 1 N–H and O–H groups in total. The highest BCUT2D eigenvalue weighted by Crippen LogP contribution is 2.33. The summed E-state index contributed by atoms with van der Waals surface area (Å²) >= 11 is 0. The molecule has 0 fully saturated rings. The molecule has 1 aliphatic carbocycles. The van der Waals surface area contributed by atoms with Gasteiger partial charge >= 0.3 is 6.09 Å². The number of carbonyl (C=O) groups excluding carboxylic acids is 1. The van der Waals surface area contributed by atoms with Crippen molar-refractivity contribution in [3.63, 3.8) is 0 Å². The first-order valence-electron chi connectivity index (χ1n) is 10.6. The van der Waals surface area contributed by atoms with Crippen LogP contribution in [0, 0.1) is 0 Å². The number of amides is 1. The molecule has 1 amide bonds. The van der Waals surface area contributed by atoms with Crippen LogP contribution < -0.4 is 4.99 Å². The number of hydrogen-bond acceptors (Lipinski definition) is 3. The zero-order valence-electron chi connectivity index (χ0n) is 18.5. The van der Waals surface area contributed by atoms with Gasteiger partial charge < -0.3 is 9.47 Å². The van der Waals surface area contributed by atoms with Gasteiger partial charge in [-0.1, -0.05) is 60.7 Å². The molecule has 0 radical (unpaired) electrons. The quantitative estimate of drug-likeness (QED) is 0.740. The molecule has 4 heteroatoms. The molecule has 0 atom stereocenters. The molecule has 0 spiro atoms. The summed E-state index contributed by atoms with van der Waals surface area (Å²) in [5.74, 6) is 1.58. The molecule has 0 bridgehead atoms. The summed E-state index contributed by atoms with van der Waals surface area (Å²) in [4.78, 5) is 14.8. The molecule has 2 aromatic rings. The van der Waals surface area contributed by atoms with Crippen molar-refractivity contribution in [2.24, 2.45) is 0 Å². The standard InChI is InChI=1S/C28H25NO3/c1-28(2,3)32-27(30)29-24-16-14-20(15-17-24)23-18-25(21-10-6-4-7-11-21)31-26(19-23)22-12-8-5-9-13-22/h4-19H,1-3H3/p+1. The number of rotatable bonds is 2. The van der Waals surface area contributed by atoms with Crippen molar-refractivity contribution in [2.75, 3.05) is 0 Å². The summed E-state index contributed by atoms with van der Waals surface area (Å²) in [5, 5.41) is 0. The second kappa shape index (κ2) is 9.06. The topological polar surface area (TPSA) is 49.5 Å². The lowest BCUT2D eigenvalue weighted by atomic mass is 9.97. The van der Waals surface area contributed by atoms with Gasteiger partial charge in [-0.2, -0.15) is 4.79 Å². The van der Waals surface area contributed by atoms with Crippen molar-refractivity contribution >= 4 is 23.3 Å². The molecular weight excluding hydrogens is 398 g/mol. The maximum atomic E-state index is 12.0. The highest BCUT2D eigenvalue weighted by Gasteiger charge is 2.21. The molecule has 0 unspecified atom stereocenters. The molecule has 160 valence electrons. The minimum absolute atomic E-state index is 0.471. The number of nitrogens with one attached hydrogen (secondary N) is 1. The van der Waals surface area contributed by atoms with Crippen LogP contribution in [0.4, 0.5) is 4.79 Å². The van der Waals surface area contributed by atoms with Gasteiger partial charge in [0.25, 0.3) is 0 Å². The highest BCUT2D eigenvalue weighted by molar-refractivity contribution is 6.03. The fourth-order valence-electron chi connectivity index (χ4n) is 3.33. The van der Waals surface area contributed by atoms with Gasteiger partial charge in [0.2, 0.25) is 5.71 Å². The van der Waals surface area contributed by atoms with E-state index in [1.54, 1.807) is 0 Å². The van der Waals surface area contributed by atoms with Crippen LogP contribution in [-0.4, -0.2) is 17.4 Å². The fourth-order valence-corrected chi connectivity index (χ4v) is 3.33. The lowest BCUT2D eigenvalue weighted by Gasteiger charge is -2.20. The number of benzene rings is 2. The van der Waals surface area contributed by atoms with Gasteiger partial charge in [-0.15, -0.1) is 4.99 Å². The van der Waals surface area contributed by atoms with Gasteiger partial charge in [-0.25, -0.2) is 0 Å². The van der Waals surface area contributed by atoms with Gasteiger partial charge in [-0.05, 0) is 56.2 Å². The summed E-state index contributed by atoms with van der Waals surface area (Å²) in [7, 11) is 0. The maximum absolute atomic E-state index is 12.0. The largest absolute Gasteiger partial charge is 0.595 e. The van der Waals surface area contributed by atoms with Crippen LogP contribution in [0.1, 0.15) is 31.9 Å². The molecule has 4 rings (SSSR count). The monoisotopic (exact) mass is 424 g/mol. The Kier molecular flexibility index (Phi) is 6.04. The predicted octanol–water partition coefficient (Wildman–Crippen LogP) is 4.98. The van der Waals surface area contributed by atoms with E-state index in [0.717, 1.165) is 33.8 Å². The van der Waals surface area contributed by atoms with Crippen molar-refractivity contribution < 1.29 is 19.3 Å². The Bertz CT molecular complexity index is 1110. The van der Waals surface area contributed by atoms with Gasteiger partial charge in [0, 0.05) is 23.3 Å². The van der Waals surface area contributed by atoms with Crippen LogP contribution in [0.2, 0.25) is 0 Å². The van der Waals surface area contributed by atoms with Crippen LogP contribution in [0.5, 0.6) is 0 Å². The molecule has 1 heterocycles. The Morgan fingerprint density at radius 2 is 1.25 bits per heavy atom. The smallest absolute Gasteiger partial charge is 0.456 e. The van der Waals surface area contributed by atoms with Crippen molar-refractivity contribution in [1.82, 2.24) is 0 Å². The molecule has 32 heavy (non-hydrogen) atoms. The van der Waals surface area contributed by atoms with Crippen molar-refractivity contribution in [1.29, 1.82) is 0 Å². The molecule has 2 aromatic carbocycles. The minimum Gasteiger partial charge on any atom is -0.456 e. The van der Waals surface area contributed by atoms with Crippen LogP contribution in [0.15, 0.2) is 108 Å². The molecule has 0 saturated heterocycles. The van der Waals surface area contributed by atoms with Gasteiger partial charge in [0.15, 0.2) is 0 Å². The van der Waals surface area contributed by atoms with Gasteiger partial charge in [0.05, 0.1) is 0 Å². The van der Waals surface area contributed by atoms with Gasteiger partial charge in [0.1, 0.15) is 17.1 Å².